The van der Waals surface area contributed by atoms with Crippen molar-refractivity contribution in [1.82, 2.24) is 10.6 Å². The summed E-state index contributed by atoms with van der Waals surface area (Å²) < 4.78 is 0. The molecule has 0 spiro atoms. The molecule has 0 saturated heterocycles. The maximum absolute atomic E-state index is 11.7. The molecule has 0 rings (SSSR count). The van der Waals surface area contributed by atoms with Crippen LogP contribution in [0.5, 0.6) is 0 Å². The summed E-state index contributed by atoms with van der Waals surface area (Å²) in [5.41, 5.74) is -0.982. The van der Waals surface area contributed by atoms with E-state index in [9.17, 15) is 19.5 Å². The Bertz CT molecular complexity index is 460. The van der Waals surface area contributed by atoms with E-state index in [1.165, 1.54) is 11.8 Å². The maximum atomic E-state index is 11.7. The number of aliphatic hydroxyl groups excluding tert-OH is 2. The van der Waals surface area contributed by atoms with Crippen LogP contribution in [0.2, 0.25) is 0 Å². The highest BCUT2D eigenvalue weighted by Gasteiger charge is 2.32. The lowest BCUT2D eigenvalue weighted by Gasteiger charge is -2.27. The zero-order valence-electron chi connectivity index (χ0n) is 15.8. The van der Waals surface area contributed by atoms with Gasteiger partial charge in [0.2, 0.25) is 11.8 Å². The van der Waals surface area contributed by atoms with Gasteiger partial charge in [-0.05, 0) is 5.41 Å². The Hall–Kier alpha value is -1.12. The van der Waals surface area contributed by atoms with Gasteiger partial charge in [-0.15, -0.1) is 0 Å². The second-order valence-corrected chi connectivity index (χ2v) is 9.05. The van der Waals surface area contributed by atoms with Crippen LogP contribution in [0.3, 0.4) is 0 Å². The second-order valence-electron chi connectivity index (χ2n) is 7.90. The van der Waals surface area contributed by atoms with Gasteiger partial charge in [-0.1, -0.05) is 46.4 Å². The van der Waals surface area contributed by atoms with Crippen LogP contribution in [0.1, 0.15) is 47.5 Å². The van der Waals surface area contributed by atoms with Crippen LogP contribution < -0.4 is 10.6 Å². The summed E-state index contributed by atoms with van der Waals surface area (Å²) in [5, 5.41) is 24.2. The molecule has 146 valence electrons. The molecule has 0 aliphatic carbocycles. The van der Waals surface area contributed by atoms with Crippen molar-refractivity contribution >= 4 is 28.7 Å². The largest absolute Gasteiger partial charge is 0.396 e. The van der Waals surface area contributed by atoms with E-state index in [2.05, 4.69) is 10.6 Å². The number of carbonyl (C=O) groups excluding carboxylic acids is 3. The predicted octanol–water partition coefficient (Wildman–Crippen LogP) is 0.684. The summed E-state index contributed by atoms with van der Waals surface area (Å²) in [4.78, 5) is 35.1. The van der Waals surface area contributed by atoms with Gasteiger partial charge in [0.1, 0.15) is 6.10 Å². The van der Waals surface area contributed by atoms with Crippen molar-refractivity contribution in [2.24, 2.45) is 10.8 Å². The quantitative estimate of drug-likeness (QED) is 0.417. The van der Waals surface area contributed by atoms with Crippen LogP contribution in [0.4, 0.5) is 0 Å². The Morgan fingerprint density at radius 1 is 1.04 bits per heavy atom. The van der Waals surface area contributed by atoms with E-state index in [-0.39, 0.29) is 36.0 Å². The molecule has 0 aliphatic rings. The fraction of sp³-hybridized carbons (Fsp3) is 0.824. The Balaban J connectivity index is 3.88. The molecule has 0 aliphatic heterocycles. The van der Waals surface area contributed by atoms with Crippen LogP contribution in [-0.2, 0) is 14.4 Å². The molecule has 1 unspecified atom stereocenters. The molecule has 2 amide bonds. The number of hydrogen-bond donors (Lipinski definition) is 4. The van der Waals surface area contributed by atoms with Crippen LogP contribution >= 0.6 is 11.8 Å². The number of aliphatic hydroxyl groups is 2. The summed E-state index contributed by atoms with van der Waals surface area (Å²) in [7, 11) is 0. The van der Waals surface area contributed by atoms with Crippen LogP contribution in [0.25, 0.3) is 0 Å². The molecule has 0 aromatic carbocycles. The molecule has 4 N–H and O–H groups in total. The fourth-order valence-corrected chi connectivity index (χ4v) is 2.73. The van der Waals surface area contributed by atoms with Gasteiger partial charge in [0.15, 0.2) is 5.12 Å². The van der Waals surface area contributed by atoms with Gasteiger partial charge in [0.25, 0.3) is 0 Å². The molecule has 1 atom stereocenters. The van der Waals surface area contributed by atoms with E-state index in [1.54, 1.807) is 13.8 Å². The monoisotopic (exact) mass is 376 g/mol. The molecule has 25 heavy (non-hydrogen) atoms. The molecular formula is C17H32N2O5S. The summed E-state index contributed by atoms with van der Waals surface area (Å²) in [6, 6.07) is 0. The predicted molar refractivity (Wildman–Crippen MR) is 99.0 cm³/mol. The van der Waals surface area contributed by atoms with E-state index < -0.39 is 17.4 Å². The first kappa shape index (κ1) is 23.9. The van der Waals surface area contributed by atoms with Gasteiger partial charge in [-0.25, -0.2) is 0 Å². The first-order valence-corrected chi connectivity index (χ1v) is 9.36. The average Bonchev–Trinajstić information content (AvgIpc) is 2.48. The van der Waals surface area contributed by atoms with Crippen molar-refractivity contribution in [3.05, 3.63) is 0 Å². The van der Waals surface area contributed by atoms with Gasteiger partial charge < -0.3 is 20.8 Å². The molecule has 0 fully saturated rings. The highest BCUT2D eigenvalue weighted by Crippen LogP contribution is 2.22. The van der Waals surface area contributed by atoms with Crippen molar-refractivity contribution in [3.8, 4) is 0 Å². The van der Waals surface area contributed by atoms with E-state index in [0.717, 1.165) is 0 Å². The van der Waals surface area contributed by atoms with Gasteiger partial charge in [0.05, 0.1) is 6.61 Å². The topological polar surface area (TPSA) is 116 Å². The average molecular weight is 377 g/mol. The highest BCUT2D eigenvalue weighted by atomic mass is 32.2. The number of rotatable bonds is 10. The smallest absolute Gasteiger partial charge is 0.249 e. The molecule has 0 radical (unpaired) electrons. The van der Waals surface area contributed by atoms with Gasteiger partial charge >= 0.3 is 0 Å². The number of nitrogens with one attached hydrogen (secondary N) is 2. The summed E-state index contributed by atoms with van der Waals surface area (Å²) in [6.45, 7) is 9.30. The van der Waals surface area contributed by atoms with Gasteiger partial charge in [-0.2, -0.15) is 0 Å². The minimum atomic E-state index is -1.34. The van der Waals surface area contributed by atoms with Crippen LogP contribution in [0, 0.1) is 10.8 Å². The third kappa shape index (κ3) is 11.2. The third-order valence-electron chi connectivity index (χ3n) is 3.41. The third-order valence-corrected chi connectivity index (χ3v) is 4.28. The molecule has 0 bridgehead atoms. The number of carbonyl (C=O) groups is 3. The minimum absolute atomic E-state index is 0.0410. The molecule has 8 heteroatoms. The highest BCUT2D eigenvalue weighted by molar-refractivity contribution is 8.13. The van der Waals surface area contributed by atoms with Crippen molar-refractivity contribution in [1.29, 1.82) is 0 Å². The Labute approximate surface area is 154 Å². The summed E-state index contributed by atoms with van der Waals surface area (Å²) in [5.74, 6) is -0.341. The molecule has 0 saturated carbocycles. The van der Waals surface area contributed by atoms with E-state index in [1.807, 2.05) is 20.8 Å². The summed E-state index contributed by atoms with van der Waals surface area (Å²) in [6.07, 6.45) is -0.770. The van der Waals surface area contributed by atoms with E-state index >= 15 is 0 Å². The van der Waals surface area contributed by atoms with Crippen LogP contribution in [0.15, 0.2) is 0 Å². The first-order valence-electron chi connectivity index (χ1n) is 8.38. The lowest BCUT2D eigenvalue weighted by molar-refractivity contribution is -0.137. The number of amides is 2. The zero-order valence-corrected chi connectivity index (χ0v) is 16.7. The second kappa shape index (κ2) is 10.8. The lowest BCUT2D eigenvalue weighted by Crippen LogP contribution is -2.46. The van der Waals surface area contributed by atoms with Gasteiger partial charge in [0, 0.05) is 37.1 Å². The van der Waals surface area contributed by atoms with Crippen LogP contribution in [-0.4, -0.2) is 58.7 Å². The zero-order chi connectivity index (χ0) is 19.7. The van der Waals surface area contributed by atoms with Crippen molar-refractivity contribution < 1.29 is 24.6 Å². The maximum Gasteiger partial charge on any atom is 0.249 e. The molecular weight excluding hydrogens is 344 g/mol. The first-order chi connectivity index (χ1) is 11.4. The van der Waals surface area contributed by atoms with Gasteiger partial charge in [-0.3, -0.25) is 14.4 Å². The Morgan fingerprint density at radius 2 is 1.64 bits per heavy atom. The number of hydrogen-bond acceptors (Lipinski definition) is 6. The normalized spacial score (nSPS) is 13.2. The molecule has 0 heterocycles. The SMILES string of the molecule is CC(C)(C)CC(=O)SCCNC(=O)CCNC(=O)C(O)C(C)(C)CO. The standard InChI is InChI=1S/C17H32N2O5S/c1-16(2,3)10-13(22)25-9-8-18-12(21)6-7-19-15(24)14(23)17(4,5)11-20/h14,20,23H,6-11H2,1-5H3,(H,18,21)(H,19,24). The van der Waals surface area contributed by atoms with Crippen molar-refractivity contribution in [3.63, 3.8) is 0 Å². The molecule has 0 aromatic rings. The fourth-order valence-electron chi connectivity index (χ4n) is 1.77. The Kier molecular flexibility index (Phi) is 10.3. The molecule has 7 nitrogen and oxygen atoms in total. The molecule has 0 aromatic heterocycles. The van der Waals surface area contributed by atoms with Crippen molar-refractivity contribution in [2.45, 2.75) is 53.6 Å². The summed E-state index contributed by atoms with van der Waals surface area (Å²) >= 11 is 1.20. The Morgan fingerprint density at radius 3 is 2.16 bits per heavy atom. The van der Waals surface area contributed by atoms with Crippen molar-refractivity contribution in [2.75, 3.05) is 25.4 Å². The van der Waals surface area contributed by atoms with E-state index in [4.69, 9.17) is 5.11 Å². The van der Waals surface area contributed by atoms with E-state index in [0.29, 0.717) is 18.7 Å². The lowest BCUT2D eigenvalue weighted by atomic mass is 9.87. The minimum Gasteiger partial charge on any atom is -0.396 e. The number of thioether (sulfide) groups is 1.